The van der Waals surface area contributed by atoms with Gasteiger partial charge in [0.05, 0.1) is 25.3 Å². The first-order chi connectivity index (χ1) is 10.1. The van der Waals surface area contributed by atoms with E-state index in [4.69, 9.17) is 9.47 Å². The third kappa shape index (κ3) is 4.13. The van der Waals surface area contributed by atoms with Crippen molar-refractivity contribution in [3.05, 3.63) is 23.8 Å². The van der Waals surface area contributed by atoms with Gasteiger partial charge in [0.1, 0.15) is 5.75 Å². The SMILES string of the molecule is CCOC(=O)C1CCCC(Nc2cc(C)ccc2OC)C1. The molecule has 1 saturated carbocycles. The molecule has 116 valence electrons. The molecule has 1 N–H and O–H groups in total. The molecule has 0 heterocycles. The Labute approximate surface area is 126 Å². The van der Waals surface area contributed by atoms with Gasteiger partial charge in [-0.3, -0.25) is 4.79 Å². The summed E-state index contributed by atoms with van der Waals surface area (Å²) >= 11 is 0. The normalized spacial score (nSPS) is 21.7. The molecule has 1 aliphatic rings. The van der Waals surface area contributed by atoms with Crippen LogP contribution in [-0.2, 0) is 9.53 Å². The minimum absolute atomic E-state index is 0.0204. The van der Waals surface area contributed by atoms with Crippen molar-refractivity contribution in [2.45, 2.75) is 45.6 Å². The quantitative estimate of drug-likeness (QED) is 0.843. The molecule has 0 saturated heterocycles. The molecular weight excluding hydrogens is 266 g/mol. The molecule has 1 aliphatic carbocycles. The summed E-state index contributed by atoms with van der Waals surface area (Å²) < 4.78 is 10.6. The predicted molar refractivity (Wildman–Crippen MR) is 83.7 cm³/mol. The van der Waals surface area contributed by atoms with E-state index in [-0.39, 0.29) is 11.9 Å². The van der Waals surface area contributed by atoms with Crippen molar-refractivity contribution in [1.82, 2.24) is 0 Å². The number of anilines is 1. The zero-order valence-electron chi connectivity index (χ0n) is 13.1. The van der Waals surface area contributed by atoms with E-state index in [1.54, 1.807) is 7.11 Å². The summed E-state index contributed by atoms with van der Waals surface area (Å²) in [6.45, 7) is 4.38. The molecule has 1 aromatic carbocycles. The van der Waals surface area contributed by atoms with Crippen LogP contribution in [0.1, 0.15) is 38.2 Å². The number of ether oxygens (including phenoxy) is 2. The molecule has 0 bridgehead atoms. The van der Waals surface area contributed by atoms with Gasteiger partial charge in [0.2, 0.25) is 0 Å². The van der Waals surface area contributed by atoms with Crippen molar-refractivity contribution in [2.75, 3.05) is 19.0 Å². The monoisotopic (exact) mass is 291 g/mol. The highest BCUT2D eigenvalue weighted by Crippen LogP contribution is 2.31. The lowest BCUT2D eigenvalue weighted by Crippen LogP contribution is -2.32. The maximum Gasteiger partial charge on any atom is 0.308 e. The smallest absolute Gasteiger partial charge is 0.308 e. The number of carbonyl (C=O) groups is 1. The highest BCUT2D eigenvalue weighted by atomic mass is 16.5. The second-order valence-electron chi connectivity index (χ2n) is 5.66. The van der Waals surface area contributed by atoms with E-state index in [9.17, 15) is 4.79 Å². The lowest BCUT2D eigenvalue weighted by atomic mass is 9.85. The number of methoxy groups -OCH3 is 1. The van der Waals surface area contributed by atoms with E-state index in [0.717, 1.165) is 37.1 Å². The van der Waals surface area contributed by atoms with Crippen LogP contribution in [0.3, 0.4) is 0 Å². The van der Waals surface area contributed by atoms with Crippen molar-refractivity contribution in [3.8, 4) is 5.75 Å². The van der Waals surface area contributed by atoms with Gasteiger partial charge in [-0.1, -0.05) is 12.5 Å². The molecule has 0 spiro atoms. The summed E-state index contributed by atoms with van der Waals surface area (Å²) in [7, 11) is 1.68. The number of esters is 1. The fourth-order valence-electron chi connectivity index (χ4n) is 2.95. The average Bonchev–Trinajstić information content (AvgIpc) is 2.48. The van der Waals surface area contributed by atoms with Gasteiger partial charge < -0.3 is 14.8 Å². The predicted octanol–water partition coefficient (Wildman–Crippen LogP) is 3.54. The fourth-order valence-corrected chi connectivity index (χ4v) is 2.95. The zero-order chi connectivity index (χ0) is 15.2. The Hall–Kier alpha value is -1.71. The third-order valence-electron chi connectivity index (χ3n) is 4.01. The van der Waals surface area contributed by atoms with Gasteiger partial charge in [0, 0.05) is 6.04 Å². The summed E-state index contributed by atoms with van der Waals surface area (Å²) in [5.74, 6) is 0.811. The van der Waals surface area contributed by atoms with Crippen LogP contribution < -0.4 is 10.1 Å². The largest absolute Gasteiger partial charge is 0.495 e. The van der Waals surface area contributed by atoms with E-state index >= 15 is 0 Å². The van der Waals surface area contributed by atoms with Gasteiger partial charge in [-0.15, -0.1) is 0 Å². The number of carbonyl (C=O) groups excluding carboxylic acids is 1. The highest BCUT2D eigenvalue weighted by Gasteiger charge is 2.28. The Morgan fingerprint density at radius 1 is 1.38 bits per heavy atom. The first kappa shape index (κ1) is 15.7. The van der Waals surface area contributed by atoms with Crippen LogP contribution in [0.25, 0.3) is 0 Å². The maximum atomic E-state index is 11.9. The Bertz CT molecular complexity index is 487. The Balaban J connectivity index is 2.02. The summed E-state index contributed by atoms with van der Waals surface area (Å²) in [6.07, 6.45) is 3.89. The van der Waals surface area contributed by atoms with E-state index in [0.29, 0.717) is 12.6 Å². The minimum Gasteiger partial charge on any atom is -0.495 e. The number of nitrogens with one attached hydrogen (secondary N) is 1. The molecule has 0 aromatic heterocycles. The van der Waals surface area contributed by atoms with Gasteiger partial charge in [-0.2, -0.15) is 0 Å². The Kier molecular flexibility index (Phi) is 5.48. The number of rotatable bonds is 5. The van der Waals surface area contributed by atoms with Crippen LogP contribution >= 0.6 is 0 Å². The van der Waals surface area contributed by atoms with Crippen molar-refractivity contribution < 1.29 is 14.3 Å². The van der Waals surface area contributed by atoms with E-state index in [2.05, 4.69) is 18.3 Å². The van der Waals surface area contributed by atoms with Crippen molar-refractivity contribution in [2.24, 2.45) is 5.92 Å². The van der Waals surface area contributed by atoms with E-state index < -0.39 is 0 Å². The summed E-state index contributed by atoms with van der Waals surface area (Å²) in [5, 5.41) is 3.54. The van der Waals surface area contributed by atoms with Gasteiger partial charge in [-0.05, 0) is 50.8 Å². The third-order valence-corrected chi connectivity index (χ3v) is 4.01. The van der Waals surface area contributed by atoms with Crippen LogP contribution in [-0.4, -0.2) is 25.7 Å². The number of benzene rings is 1. The molecule has 1 fully saturated rings. The molecule has 2 rings (SSSR count). The molecule has 2 atom stereocenters. The summed E-state index contributed by atoms with van der Waals surface area (Å²) in [5.41, 5.74) is 2.20. The van der Waals surface area contributed by atoms with Gasteiger partial charge in [0.15, 0.2) is 0 Å². The van der Waals surface area contributed by atoms with Gasteiger partial charge >= 0.3 is 5.97 Å². The molecule has 0 amide bonds. The average molecular weight is 291 g/mol. The lowest BCUT2D eigenvalue weighted by Gasteiger charge is -2.29. The van der Waals surface area contributed by atoms with Crippen LogP contribution in [0.2, 0.25) is 0 Å². The van der Waals surface area contributed by atoms with Crippen LogP contribution in [0.5, 0.6) is 5.75 Å². The van der Waals surface area contributed by atoms with Gasteiger partial charge in [-0.25, -0.2) is 0 Å². The van der Waals surface area contributed by atoms with Crippen molar-refractivity contribution >= 4 is 11.7 Å². The summed E-state index contributed by atoms with van der Waals surface area (Å²) in [4.78, 5) is 11.9. The highest BCUT2D eigenvalue weighted by molar-refractivity contribution is 5.72. The molecule has 1 aromatic rings. The van der Waals surface area contributed by atoms with Crippen LogP contribution in [0.4, 0.5) is 5.69 Å². The standard InChI is InChI=1S/C17H25NO3/c1-4-21-17(19)13-6-5-7-14(11-13)18-15-10-12(2)8-9-16(15)20-3/h8-10,13-14,18H,4-7,11H2,1-3H3. The number of hydrogen-bond donors (Lipinski definition) is 1. The Morgan fingerprint density at radius 3 is 2.90 bits per heavy atom. The second kappa shape index (κ2) is 7.34. The molecule has 21 heavy (non-hydrogen) atoms. The minimum atomic E-state index is -0.0554. The second-order valence-corrected chi connectivity index (χ2v) is 5.66. The first-order valence-corrected chi connectivity index (χ1v) is 7.71. The van der Waals surface area contributed by atoms with Crippen LogP contribution in [0.15, 0.2) is 18.2 Å². The van der Waals surface area contributed by atoms with Crippen molar-refractivity contribution in [1.29, 1.82) is 0 Å². The van der Waals surface area contributed by atoms with E-state index in [1.807, 2.05) is 19.1 Å². The molecule has 0 radical (unpaired) electrons. The molecule has 4 heteroatoms. The fraction of sp³-hybridized carbons (Fsp3) is 0.588. The van der Waals surface area contributed by atoms with Gasteiger partial charge in [0.25, 0.3) is 0 Å². The molecule has 4 nitrogen and oxygen atoms in total. The van der Waals surface area contributed by atoms with Crippen molar-refractivity contribution in [3.63, 3.8) is 0 Å². The Morgan fingerprint density at radius 2 is 2.19 bits per heavy atom. The van der Waals surface area contributed by atoms with Crippen LogP contribution in [0, 0.1) is 12.8 Å². The maximum absolute atomic E-state index is 11.9. The zero-order valence-corrected chi connectivity index (χ0v) is 13.1. The van der Waals surface area contributed by atoms with E-state index in [1.165, 1.54) is 5.56 Å². The molecular formula is C17H25NO3. The summed E-state index contributed by atoms with van der Waals surface area (Å²) in [6, 6.07) is 6.39. The molecule has 2 unspecified atom stereocenters. The topological polar surface area (TPSA) is 47.6 Å². The lowest BCUT2D eigenvalue weighted by molar-refractivity contribution is -0.149. The number of aryl methyl sites for hydroxylation is 1. The molecule has 0 aliphatic heterocycles. The number of hydrogen-bond acceptors (Lipinski definition) is 4. The first-order valence-electron chi connectivity index (χ1n) is 7.71.